The molecule has 0 aliphatic heterocycles. The number of carboxylic acids is 1. The predicted octanol–water partition coefficient (Wildman–Crippen LogP) is 2.74. The number of halogens is 1. The van der Waals surface area contributed by atoms with Gasteiger partial charge in [0.25, 0.3) is 0 Å². The smallest absolute Gasteiger partial charge is 0.337 e. The van der Waals surface area contributed by atoms with E-state index in [-0.39, 0.29) is 10.6 Å². The third kappa shape index (κ3) is 3.83. The molecule has 16 heavy (non-hydrogen) atoms. The number of carbonyl (C=O) groups is 1. The van der Waals surface area contributed by atoms with Crippen LogP contribution >= 0.6 is 11.6 Å². The van der Waals surface area contributed by atoms with Crippen LogP contribution in [0.25, 0.3) is 0 Å². The number of hydrogen-bond donors (Lipinski definition) is 2. The highest BCUT2D eigenvalue weighted by molar-refractivity contribution is 6.33. The first-order valence-corrected chi connectivity index (χ1v) is 5.41. The van der Waals surface area contributed by atoms with Crippen molar-refractivity contribution in [2.24, 2.45) is 0 Å². The van der Waals surface area contributed by atoms with E-state index in [4.69, 9.17) is 16.7 Å². The monoisotopic (exact) mass is 242 g/mol. The lowest BCUT2D eigenvalue weighted by Crippen LogP contribution is -2.19. The topological polar surface area (TPSA) is 57.5 Å². The molecule has 0 radical (unpaired) electrons. The molecule has 2 N–H and O–H groups in total. The van der Waals surface area contributed by atoms with Crippen molar-refractivity contribution in [3.05, 3.63) is 34.3 Å². The summed E-state index contributed by atoms with van der Waals surface area (Å²) in [6, 6.07) is 4.90. The van der Waals surface area contributed by atoms with E-state index >= 15 is 0 Å². The molecule has 0 fully saturated rings. The summed E-state index contributed by atoms with van der Waals surface area (Å²) in [6.45, 7) is 3.45. The summed E-state index contributed by atoms with van der Waals surface area (Å²) in [7, 11) is 0. The Morgan fingerprint density at radius 1 is 1.44 bits per heavy atom. The molecule has 1 rings (SSSR count). The molecule has 0 atom stereocenters. The lowest BCUT2D eigenvalue weighted by atomic mass is 9.98. The molecule has 1 aromatic carbocycles. The van der Waals surface area contributed by atoms with Crippen LogP contribution in [0.2, 0.25) is 5.02 Å². The van der Waals surface area contributed by atoms with E-state index in [9.17, 15) is 9.90 Å². The zero-order valence-corrected chi connectivity index (χ0v) is 10.1. The van der Waals surface area contributed by atoms with Gasteiger partial charge in [-0.2, -0.15) is 0 Å². The van der Waals surface area contributed by atoms with Crippen LogP contribution in [0.3, 0.4) is 0 Å². The molecule has 88 valence electrons. The molecule has 4 heteroatoms. The highest BCUT2D eigenvalue weighted by Gasteiger charge is 2.14. The molecule has 0 saturated carbocycles. The molecule has 0 spiro atoms. The van der Waals surface area contributed by atoms with Crippen molar-refractivity contribution in [2.45, 2.75) is 32.3 Å². The summed E-state index contributed by atoms with van der Waals surface area (Å²) in [5, 5.41) is 18.7. The van der Waals surface area contributed by atoms with Crippen LogP contribution < -0.4 is 0 Å². The zero-order valence-electron chi connectivity index (χ0n) is 9.33. The third-order valence-corrected chi connectivity index (χ3v) is 2.62. The first kappa shape index (κ1) is 13.0. The fourth-order valence-electron chi connectivity index (χ4n) is 1.34. The van der Waals surface area contributed by atoms with E-state index < -0.39 is 11.6 Å². The average Bonchev–Trinajstić information content (AvgIpc) is 2.14. The lowest BCUT2D eigenvalue weighted by molar-refractivity contribution is 0.0697. The van der Waals surface area contributed by atoms with Crippen molar-refractivity contribution in [3.8, 4) is 0 Å². The first-order chi connectivity index (χ1) is 7.29. The number of benzene rings is 1. The SMILES string of the molecule is CC(C)(O)CCc1ccc(Cl)c(C(=O)O)c1. The van der Waals surface area contributed by atoms with Crippen LogP contribution in [-0.2, 0) is 6.42 Å². The first-order valence-electron chi connectivity index (χ1n) is 5.04. The summed E-state index contributed by atoms with van der Waals surface area (Å²) >= 11 is 5.75. The second-order valence-electron chi connectivity index (χ2n) is 4.43. The standard InChI is InChI=1S/C12H15ClO3/c1-12(2,16)6-5-8-3-4-10(13)9(7-8)11(14)15/h3-4,7,16H,5-6H2,1-2H3,(H,14,15). The Hall–Kier alpha value is -1.06. The maximum Gasteiger partial charge on any atom is 0.337 e. The molecular weight excluding hydrogens is 228 g/mol. The summed E-state index contributed by atoms with van der Waals surface area (Å²) in [6.07, 6.45) is 1.20. The summed E-state index contributed by atoms with van der Waals surface area (Å²) in [5.74, 6) is -1.03. The van der Waals surface area contributed by atoms with Gasteiger partial charge in [-0.05, 0) is 44.4 Å². The Kier molecular flexibility index (Phi) is 3.94. The van der Waals surface area contributed by atoms with Crippen LogP contribution in [0.5, 0.6) is 0 Å². The van der Waals surface area contributed by atoms with Gasteiger partial charge in [-0.15, -0.1) is 0 Å². The van der Waals surface area contributed by atoms with E-state index in [1.165, 1.54) is 0 Å². The quantitative estimate of drug-likeness (QED) is 0.854. The Labute approximate surface area is 99.7 Å². The van der Waals surface area contributed by atoms with E-state index in [0.717, 1.165) is 5.56 Å². The van der Waals surface area contributed by atoms with Gasteiger partial charge in [0.2, 0.25) is 0 Å². The minimum absolute atomic E-state index is 0.106. The highest BCUT2D eigenvalue weighted by Crippen LogP contribution is 2.20. The van der Waals surface area contributed by atoms with Crippen LogP contribution in [0, 0.1) is 0 Å². The summed E-state index contributed by atoms with van der Waals surface area (Å²) in [4.78, 5) is 10.8. The largest absolute Gasteiger partial charge is 0.478 e. The number of hydrogen-bond acceptors (Lipinski definition) is 2. The van der Waals surface area contributed by atoms with E-state index in [1.807, 2.05) is 0 Å². The fraction of sp³-hybridized carbons (Fsp3) is 0.417. The predicted molar refractivity (Wildman–Crippen MR) is 63.0 cm³/mol. The molecule has 3 nitrogen and oxygen atoms in total. The Bertz CT molecular complexity index is 394. The third-order valence-electron chi connectivity index (χ3n) is 2.29. The number of aryl methyl sites for hydroxylation is 1. The van der Waals surface area contributed by atoms with Gasteiger partial charge in [-0.25, -0.2) is 4.79 Å². The summed E-state index contributed by atoms with van der Waals surface area (Å²) in [5.41, 5.74) is 0.224. The van der Waals surface area contributed by atoms with E-state index in [2.05, 4.69) is 0 Å². The summed E-state index contributed by atoms with van der Waals surface area (Å²) < 4.78 is 0. The molecule has 0 bridgehead atoms. The van der Waals surface area contributed by atoms with Crippen molar-refractivity contribution in [1.82, 2.24) is 0 Å². The van der Waals surface area contributed by atoms with Crippen LogP contribution in [0.4, 0.5) is 0 Å². The van der Waals surface area contributed by atoms with Crippen LogP contribution in [0.15, 0.2) is 18.2 Å². The number of aliphatic hydroxyl groups is 1. The Morgan fingerprint density at radius 3 is 2.56 bits per heavy atom. The van der Waals surface area contributed by atoms with E-state index in [1.54, 1.807) is 32.0 Å². The van der Waals surface area contributed by atoms with E-state index in [0.29, 0.717) is 12.8 Å². The molecule has 0 aliphatic rings. The molecule has 1 aromatic rings. The van der Waals surface area contributed by atoms with Crippen LogP contribution in [0.1, 0.15) is 36.2 Å². The van der Waals surface area contributed by atoms with Gasteiger partial charge in [0.1, 0.15) is 0 Å². The van der Waals surface area contributed by atoms with Gasteiger partial charge in [-0.3, -0.25) is 0 Å². The van der Waals surface area contributed by atoms with Gasteiger partial charge >= 0.3 is 5.97 Å². The Balaban J connectivity index is 2.83. The normalized spacial score (nSPS) is 11.5. The Morgan fingerprint density at radius 2 is 2.06 bits per heavy atom. The molecule has 0 unspecified atom stereocenters. The molecule has 0 heterocycles. The maximum absolute atomic E-state index is 10.8. The average molecular weight is 243 g/mol. The van der Waals surface area contributed by atoms with Gasteiger partial charge < -0.3 is 10.2 Å². The van der Waals surface area contributed by atoms with Gasteiger partial charge in [-0.1, -0.05) is 17.7 Å². The molecule has 0 amide bonds. The lowest BCUT2D eigenvalue weighted by Gasteiger charge is -2.16. The van der Waals surface area contributed by atoms with Crippen LogP contribution in [-0.4, -0.2) is 21.8 Å². The van der Waals surface area contributed by atoms with Gasteiger partial charge in [0.15, 0.2) is 0 Å². The maximum atomic E-state index is 10.8. The second-order valence-corrected chi connectivity index (χ2v) is 4.84. The van der Waals surface area contributed by atoms with Crippen molar-refractivity contribution in [3.63, 3.8) is 0 Å². The second kappa shape index (κ2) is 4.85. The zero-order chi connectivity index (χ0) is 12.3. The number of rotatable bonds is 4. The molecule has 0 saturated heterocycles. The minimum atomic E-state index is -1.03. The fourth-order valence-corrected chi connectivity index (χ4v) is 1.54. The molecule has 0 aliphatic carbocycles. The van der Waals surface area contributed by atoms with Crippen molar-refractivity contribution in [2.75, 3.05) is 0 Å². The van der Waals surface area contributed by atoms with Crippen molar-refractivity contribution in [1.29, 1.82) is 0 Å². The number of carboxylic acid groups (broad SMARTS) is 1. The minimum Gasteiger partial charge on any atom is -0.478 e. The van der Waals surface area contributed by atoms with Gasteiger partial charge in [0, 0.05) is 0 Å². The molecule has 0 aromatic heterocycles. The molecular formula is C12H15ClO3. The highest BCUT2D eigenvalue weighted by atomic mass is 35.5. The number of aromatic carboxylic acids is 1. The van der Waals surface area contributed by atoms with Crippen molar-refractivity contribution >= 4 is 17.6 Å². The van der Waals surface area contributed by atoms with Crippen molar-refractivity contribution < 1.29 is 15.0 Å². The van der Waals surface area contributed by atoms with Gasteiger partial charge in [0.05, 0.1) is 16.2 Å².